The third-order valence-corrected chi connectivity index (χ3v) is 4.76. The molecule has 0 unspecified atom stereocenters. The molecule has 1 heterocycles. The van der Waals surface area contributed by atoms with Crippen molar-refractivity contribution in [2.24, 2.45) is 11.3 Å². The van der Waals surface area contributed by atoms with E-state index in [1.165, 1.54) is 24.1 Å². The Morgan fingerprint density at radius 1 is 1.24 bits per heavy atom. The highest BCUT2D eigenvalue weighted by molar-refractivity contribution is 6.31. The number of anilines is 1. The number of benzene rings is 1. The number of halogens is 1. The van der Waals surface area contributed by atoms with E-state index in [1.54, 1.807) is 0 Å². The van der Waals surface area contributed by atoms with Crippen molar-refractivity contribution >= 4 is 17.3 Å². The summed E-state index contributed by atoms with van der Waals surface area (Å²) in [4.78, 5) is 2.50. The van der Waals surface area contributed by atoms with Gasteiger partial charge in [-0.25, -0.2) is 0 Å². The van der Waals surface area contributed by atoms with Crippen LogP contribution < -0.4 is 10.2 Å². The Hall–Kier alpha value is -0.730. The predicted octanol–water partition coefficient (Wildman–Crippen LogP) is 4.71. The van der Waals surface area contributed by atoms with Crippen molar-refractivity contribution in [2.75, 3.05) is 24.5 Å². The van der Waals surface area contributed by atoms with Crippen molar-refractivity contribution in [3.05, 3.63) is 28.8 Å². The first-order valence-electron chi connectivity index (χ1n) is 8.12. The molecule has 0 bridgehead atoms. The van der Waals surface area contributed by atoms with Crippen LogP contribution in [0.25, 0.3) is 0 Å². The lowest BCUT2D eigenvalue weighted by molar-refractivity contribution is 0.279. The van der Waals surface area contributed by atoms with Gasteiger partial charge in [-0.3, -0.25) is 0 Å². The summed E-state index contributed by atoms with van der Waals surface area (Å²) in [6.07, 6.45) is 2.50. The van der Waals surface area contributed by atoms with Gasteiger partial charge in [0, 0.05) is 35.9 Å². The van der Waals surface area contributed by atoms with E-state index in [1.807, 2.05) is 6.07 Å². The maximum atomic E-state index is 6.45. The van der Waals surface area contributed by atoms with Crippen LogP contribution in [-0.4, -0.2) is 19.6 Å². The van der Waals surface area contributed by atoms with E-state index in [9.17, 15) is 0 Å². The van der Waals surface area contributed by atoms with Crippen LogP contribution in [0, 0.1) is 11.3 Å². The molecule has 0 radical (unpaired) electrons. The van der Waals surface area contributed by atoms with E-state index in [-0.39, 0.29) is 0 Å². The quantitative estimate of drug-likeness (QED) is 0.847. The second-order valence-corrected chi connectivity index (χ2v) is 7.82. The highest BCUT2D eigenvalue weighted by Gasteiger charge is 2.26. The smallest absolute Gasteiger partial charge is 0.0471 e. The molecule has 0 spiro atoms. The summed E-state index contributed by atoms with van der Waals surface area (Å²) in [7, 11) is 0. The monoisotopic (exact) mass is 308 g/mol. The van der Waals surface area contributed by atoms with E-state index < -0.39 is 0 Å². The molecule has 1 N–H and O–H groups in total. The SMILES string of the molecule is CC(C)CNCc1c(Cl)cccc1N1CCC(C)(C)CC1. The largest absolute Gasteiger partial charge is 0.371 e. The second-order valence-electron chi connectivity index (χ2n) is 7.41. The molecule has 3 heteroatoms. The normalized spacial score (nSPS) is 18.3. The molecule has 0 atom stereocenters. The minimum atomic E-state index is 0.477. The first kappa shape index (κ1) is 16.6. The molecule has 1 aromatic rings. The highest BCUT2D eigenvalue weighted by Crippen LogP contribution is 2.35. The Morgan fingerprint density at radius 2 is 1.90 bits per heavy atom. The Balaban J connectivity index is 2.10. The topological polar surface area (TPSA) is 15.3 Å². The second kappa shape index (κ2) is 7.02. The molecule has 0 aliphatic carbocycles. The molecule has 21 heavy (non-hydrogen) atoms. The van der Waals surface area contributed by atoms with Crippen molar-refractivity contribution in [3.8, 4) is 0 Å². The van der Waals surface area contributed by atoms with Crippen molar-refractivity contribution in [1.29, 1.82) is 0 Å². The van der Waals surface area contributed by atoms with E-state index >= 15 is 0 Å². The van der Waals surface area contributed by atoms with Crippen molar-refractivity contribution in [1.82, 2.24) is 5.32 Å². The molecular formula is C18H29ClN2. The van der Waals surface area contributed by atoms with Gasteiger partial charge in [0.2, 0.25) is 0 Å². The summed E-state index contributed by atoms with van der Waals surface area (Å²) in [5.74, 6) is 0.659. The molecule has 1 aliphatic heterocycles. The van der Waals surface area contributed by atoms with Crippen molar-refractivity contribution in [2.45, 2.75) is 47.1 Å². The molecule has 1 fully saturated rings. The summed E-state index contributed by atoms with van der Waals surface area (Å²) in [5.41, 5.74) is 3.04. The molecule has 2 nitrogen and oxygen atoms in total. The van der Waals surface area contributed by atoms with Crippen molar-refractivity contribution in [3.63, 3.8) is 0 Å². The fourth-order valence-corrected chi connectivity index (χ4v) is 3.09. The standard InChI is InChI=1S/C18H29ClN2/c1-14(2)12-20-13-15-16(19)6-5-7-17(15)21-10-8-18(3,4)9-11-21/h5-7,14,20H,8-13H2,1-4H3. The molecule has 1 aliphatic rings. The van der Waals surface area contributed by atoms with Crippen LogP contribution in [0.4, 0.5) is 5.69 Å². The maximum absolute atomic E-state index is 6.45. The molecule has 1 aromatic carbocycles. The predicted molar refractivity (Wildman–Crippen MR) is 93.2 cm³/mol. The van der Waals surface area contributed by atoms with E-state index in [0.29, 0.717) is 11.3 Å². The van der Waals surface area contributed by atoms with Gasteiger partial charge >= 0.3 is 0 Å². The lowest BCUT2D eigenvalue weighted by Gasteiger charge is -2.39. The fraction of sp³-hybridized carbons (Fsp3) is 0.667. The van der Waals surface area contributed by atoms with Gasteiger partial charge in [-0.05, 0) is 42.9 Å². The first-order valence-corrected chi connectivity index (χ1v) is 8.50. The van der Waals surface area contributed by atoms with Gasteiger partial charge in [-0.1, -0.05) is 45.4 Å². The molecule has 2 rings (SSSR count). The van der Waals surface area contributed by atoms with Gasteiger partial charge in [0.1, 0.15) is 0 Å². The average Bonchev–Trinajstić information content (AvgIpc) is 2.40. The van der Waals surface area contributed by atoms with Crippen molar-refractivity contribution < 1.29 is 0 Å². The number of rotatable bonds is 5. The van der Waals surface area contributed by atoms with Gasteiger partial charge in [-0.2, -0.15) is 0 Å². The van der Waals surface area contributed by atoms with E-state index in [0.717, 1.165) is 31.2 Å². The average molecular weight is 309 g/mol. The summed E-state index contributed by atoms with van der Waals surface area (Å²) in [5, 5.41) is 4.41. The van der Waals surface area contributed by atoms with Crippen LogP contribution in [-0.2, 0) is 6.54 Å². The van der Waals surface area contributed by atoms with Crippen LogP contribution in [0.5, 0.6) is 0 Å². The molecule has 118 valence electrons. The van der Waals surface area contributed by atoms with Crippen LogP contribution in [0.1, 0.15) is 46.1 Å². The first-order chi connectivity index (χ1) is 9.89. The Bertz CT molecular complexity index is 458. The molecule has 0 saturated carbocycles. The van der Waals surface area contributed by atoms with E-state index in [2.05, 4.69) is 50.0 Å². The number of piperidine rings is 1. The molecule has 0 amide bonds. The van der Waals surface area contributed by atoms with Crippen LogP contribution in [0.15, 0.2) is 18.2 Å². The maximum Gasteiger partial charge on any atom is 0.0471 e. The Morgan fingerprint density at radius 3 is 2.52 bits per heavy atom. The number of nitrogens with zero attached hydrogens (tertiary/aromatic N) is 1. The van der Waals surface area contributed by atoms with Gasteiger partial charge in [0.05, 0.1) is 0 Å². The molecule has 1 saturated heterocycles. The fourth-order valence-electron chi connectivity index (χ4n) is 2.86. The zero-order chi connectivity index (χ0) is 15.5. The molecular weight excluding hydrogens is 280 g/mol. The van der Waals surface area contributed by atoms with Crippen LogP contribution in [0.2, 0.25) is 5.02 Å². The van der Waals surface area contributed by atoms with Gasteiger partial charge in [0.25, 0.3) is 0 Å². The number of nitrogens with one attached hydrogen (secondary N) is 1. The minimum absolute atomic E-state index is 0.477. The van der Waals surface area contributed by atoms with Gasteiger partial charge in [0.15, 0.2) is 0 Å². The summed E-state index contributed by atoms with van der Waals surface area (Å²) >= 11 is 6.45. The lowest BCUT2D eigenvalue weighted by atomic mass is 9.82. The minimum Gasteiger partial charge on any atom is -0.371 e. The third kappa shape index (κ3) is 4.62. The summed E-state index contributed by atoms with van der Waals surface area (Å²) < 4.78 is 0. The van der Waals surface area contributed by atoms with E-state index in [4.69, 9.17) is 11.6 Å². The third-order valence-electron chi connectivity index (χ3n) is 4.41. The molecule has 0 aromatic heterocycles. The number of hydrogen-bond donors (Lipinski definition) is 1. The van der Waals surface area contributed by atoms with Gasteiger partial charge in [-0.15, -0.1) is 0 Å². The van der Waals surface area contributed by atoms with Gasteiger partial charge < -0.3 is 10.2 Å². The number of hydrogen-bond acceptors (Lipinski definition) is 2. The summed E-state index contributed by atoms with van der Waals surface area (Å²) in [6, 6.07) is 6.30. The Kier molecular flexibility index (Phi) is 5.56. The van der Waals surface area contributed by atoms with Crippen LogP contribution >= 0.6 is 11.6 Å². The lowest BCUT2D eigenvalue weighted by Crippen LogP contribution is -2.38. The zero-order valence-corrected chi connectivity index (χ0v) is 14.6. The Labute approximate surface area is 134 Å². The highest BCUT2D eigenvalue weighted by atomic mass is 35.5. The van der Waals surface area contributed by atoms with Crippen LogP contribution in [0.3, 0.4) is 0 Å². The zero-order valence-electron chi connectivity index (χ0n) is 13.9. The summed E-state index contributed by atoms with van der Waals surface area (Å²) in [6.45, 7) is 13.3.